The van der Waals surface area contributed by atoms with Gasteiger partial charge in [0.2, 0.25) is 5.91 Å². The number of hydrogen-bond acceptors (Lipinski definition) is 5. The predicted molar refractivity (Wildman–Crippen MR) is 103 cm³/mol. The molecule has 3 aromatic rings. The number of carbonyl (C=O) groups is 1. The van der Waals surface area contributed by atoms with Crippen LogP contribution in [-0.2, 0) is 17.9 Å². The summed E-state index contributed by atoms with van der Waals surface area (Å²) in [6, 6.07) is 6.06. The lowest BCUT2D eigenvalue weighted by Gasteiger charge is -2.18. The van der Waals surface area contributed by atoms with Crippen molar-refractivity contribution in [2.75, 3.05) is 7.05 Å². The van der Waals surface area contributed by atoms with Crippen LogP contribution >= 0.6 is 11.3 Å². The van der Waals surface area contributed by atoms with Crippen molar-refractivity contribution in [3.63, 3.8) is 0 Å². The normalized spacial score (nSPS) is 11.2. The number of likely N-dealkylation sites (N-methyl/N-ethyl adjacent to an activating group) is 1. The average molecular weight is 407 g/mol. The second-order valence-electron chi connectivity index (χ2n) is 6.41. The molecule has 0 spiro atoms. The van der Waals surface area contributed by atoms with Gasteiger partial charge in [0.25, 0.3) is 5.56 Å². The minimum atomic E-state index is -2.88. The summed E-state index contributed by atoms with van der Waals surface area (Å²) in [4.78, 5) is 32.7. The number of aromatic nitrogens is 2. The molecule has 1 aromatic carbocycles. The number of aryl methyl sites for hydroxylation is 2. The van der Waals surface area contributed by atoms with E-state index < -0.39 is 6.61 Å². The Balaban J connectivity index is 1.70. The number of amides is 1. The number of alkyl halides is 2. The maximum absolute atomic E-state index is 12.7. The van der Waals surface area contributed by atoms with E-state index in [-0.39, 0.29) is 30.3 Å². The second-order valence-corrected chi connectivity index (χ2v) is 7.62. The van der Waals surface area contributed by atoms with Crippen molar-refractivity contribution in [1.29, 1.82) is 0 Å². The second kappa shape index (κ2) is 8.05. The molecule has 0 aliphatic carbocycles. The van der Waals surface area contributed by atoms with Gasteiger partial charge in [0.15, 0.2) is 0 Å². The van der Waals surface area contributed by atoms with Gasteiger partial charge in [-0.25, -0.2) is 4.98 Å². The van der Waals surface area contributed by atoms with Crippen LogP contribution in [0, 0.1) is 13.8 Å². The molecule has 0 fully saturated rings. The van der Waals surface area contributed by atoms with Crippen LogP contribution in [-0.4, -0.2) is 34.0 Å². The fourth-order valence-electron chi connectivity index (χ4n) is 2.79. The molecule has 0 radical (unpaired) electrons. The van der Waals surface area contributed by atoms with E-state index in [1.54, 1.807) is 19.2 Å². The van der Waals surface area contributed by atoms with Gasteiger partial charge in [-0.15, -0.1) is 11.3 Å². The Morgan fingerprint density at radius 2 is 1.96 bits per heavy atom. The van der Waals surface area contributed by atoms with Gasteiger partial charge < -0.3 is 9.64 Å². The predicted octanol–water partition coefficient (Wildman–Crippen LogP) is 3.33. The maximum Gasteiger partial charge on any atom is 0.387 e. The molecule has 0 aliphatic rings. The SMILES string of the molecule is Cc1sc2ncn(CC(=O)N(C)Cc3ccc(OC(F)F)cc3)c(=O)c2c1C. The highest BCUT2D eigenvalue weighted by atomic mass is 32.1. The number of ether oxygens (including phenoxy) is 1. The summed E-state index contributed by atoms with van der Waals surface area (Å²) in [6.45, 7) is 1.07. The summed E-state index contributed by atoms with van der Waals surface area (Å²) in [5, 5.41) is 0.551. The summed E-state index contributed by atoms with van der Waals surface area (Å²) in [6.07, 6.45) is 1.39. The summed E-state index contributed by atoms with van der Waals surface area (Å²) in [5.74, 6) is -0.208. The van der Waals surface area contributed by atoms with Crippen LogP contribution < -0.4 is 10.3 Å². The smallest absolute Gasteiger partial charge is 0.387 e. The van der Waals surface area contributed by atoms with Crippen molar-refractivity contribution >= 4 is 27.5 Å². The molecule has 1 amide bonds. The number of benzene rings is 1. The first-order valence-electron chi connectivity index (χ1n) is 8.49. The molecule has 6 nitrogen and oxygen atoms in total. The largest absolute Gasteiger partial charge is 0.435 e. The van der Waals surface area contributed by atoms with Crippen LogP contribution in [0.3, 0.4) is 0 Å². The molecular formula is C19H19F2N3O3S. The Morgan fingerprint density at radius 1 is 1.29 bits per heavy atom. The van der Waals surface area contributed by atoms with E-state index >= 15 is 0 Å². The van der Waals surface area contributed by atoms with E-state index in [0.29, 0.717) is 10.2 Å². The van der Waals surface area contributed by atoms with Crippen LogP contribution in [0.4, 0.5) is 8.78 Å². The highest BCUT2D eigenvalue weighted by Crippen LogP contribution is 2.25. The third kappa shape index (κ3) is 4.19. The van der Waals surface area contributed by atoms with Crippen LogP contribution in [0.5, 0.6) is 5.75 Å². The van der Waals surface area contributed by atoms with E-state index in [1.807, 2.05) is 13.8 Å². The first kappa shape index (κ1) is 19.9. The highest BCUT2D eigenvalue weighted by molar-refractivity contribution is 7.18. The fraction of sp³-hybridized carbons (Fsp3) is 0.316. The quantitative estimate of drug-likeness (QED) is 0.629. The van der Waals surface area contributed by atoms with Gasteiger partial charge in [-0.1, -0.05) is 12.1 Å². The molecule has 0 N–H and O–H groups in total. The van der Waals surface area contributed by atoms with Crippen LogP contribution in [0.1, 0.15) is 16.0 Å². The molecule has 0 atom stereocenters. The van der Waals surface area contributed by atoms with Gasteiger partial charge in [0, 0.05) is 18.5 Å². The molecule has 0 unspecified atom stereocenters. The molecule has 28 heavy (non-hydrogen) atoms. The zero-order chi connectivity index (χ0) is 20.4. The lowest BCUT2D eigenvalue weighted by molar-refractivity contribution is -0.131. The Labute approximate surface area is 164 Å². The number of carbonyl (C=O) groups excluding carboxylic acids is 1. The minimum Gasteiger partial charge on any atom is -0.435 e. The Morgan fingerprint density at radius 3 is 2.61 bits per heavy atom. The standard InChI is InChI=1S/C19H19F2N3O3S/c1-11-12(2)28-17-16(11)18(26)24(10-22-17)9-15(25)23(3)8-13-4-6-14(7-5-13)27-19(20)21/h4-7,10,19H,8-9H2,1-3H3. The van der Waals surface area contributed by atoms with E-state index in [1.165, 1.54) is 39.3 Å². The summed E-state index contributed by atoms with van der Waals surface area (Å²) >= 11 is 1.46. The number of halogens is 2. The number of thiophene rings is 1. The lowest BCUT2D eigenvalue weighted by atomic mass is 10.2. The van der Waals surface area contributed by atoms with Crippen LogP contribution in [0.2, 0.25) is 0 Å². The van der Waals surface area contributed by atoms with E-state index in [4.69, 9.17) is 0 Å². The minimum absolute atomic E-state index is 0.0556. The van der Waals surface area contributed by atoms with Crippen molar-refractivity contribution in [3.8, 4) is 5.75 Å². The fourth-order valence-corrected chi connectivity index (χ4v) is 3.77. The van der Waals surface area contributed by atoms with Gasteiger partial charge in [-0.3, -0.25) is 14.2 Å². The van der Waals surface area contributed by atoms with Crippen LogP contribution in [0.25, 0.3) is 10.2 Å². The number of rotatable bonds is 6. The van der Waals surface area contributed by atoms with Crippen molar-refractivity contribution < 1.29 is 18.3 Å². The zero-order valence-corrected chi connectivity index (χ0v) is 16.4. The summed E-state index contributed by atoms with van der Waals surface area (Å²) in [5.41, 5.74) is 1.41. The molecule has 3 rings (SSSR count). The third-order valence-corrected chi connectivity index (χ3v) is 5.57. The molecule has 2 aromatic heterocycles. The monoisotopic (exact) mass is 407 g/mol. The first-order chi connectivity index (χ1) is 13.3. The van der Waals surface area contributed by atoms with Gasteiger partial charge in [-0.05, 0) is 37.1 Å². The van der Waals surface area contributed by atoms with Crippen molar-refractivity contribution in [3.05, 3.63) is 57.0 Å². The van der Waals surface area contributed by atoms with E-state index in [2.05, 4.69) is 9.72 Å². The lowest BCUT2D eigenvalue weighted by Crippen LogP contribution is -2.33. The van der Waals surface area contributed by atoms with Gasteiger partial charge in [-0.2, -0.15) is 8.78 Å². The zero-order valence-electron chi connectivity index (χ0n) is 15.6. The maximum atomic E-state index is 12.7. The van der Waals surface area contributed by atoms with E-state index in [9.17, 15) is 18.4 Å². The van der Waals surface area contributed by atoms with Crippen molar-refractivity contribution in [2.24, 2.45) is 0 Å². The van der Waals surface area contributed by atoms with Gasteiger partial charge in [0.05, 0.1) is 11.7 Å². The van der Waals surface area contributed by atoms with Crippen LogP contribution in [0.15, 0.2) is 35.4 Å². The molecule has 0 saturated heterocycles. The van der Waals surface area contributed by atoms with Crippen molar-refractivity contribution in [1.82, 2.24) is 14.5 Å². The molecule has 2 heterocycles. The van der Waals surface area contributed by atoms with E-state index in [0.717, 1.165) is 16.0 Å². The van der Waals surface area contributed by atoms with Gasteiger partial charge in [0.1, 0.15) is 17.1 Å². The molecule has 148 valence electrons. The molecular weight excluding hydrogens is 388 g/mol. The first-order valence-corrected chi connectivity index (χ1v) is 9.30. The molecule has 0 bridgehead atoms. The Kier molecular flexibility index (Phi) is 5.73. The van der Waals surface area contributed by atoms with Crippen molar-refractivity contribution in [2.45, 2.75) is 33.5 Å². The van der Waals surface area contributed by atoms with Gasteiger partial charge >= 0.3 is 6.61 Å². The summed E-state index contributed by atoms with van der Waals surface area (Å²) in [7, 11) is 1.61. The topological polar surface area (TPSA) is 64.4 Å². The molecule has 9 heteroatoms. The Bertz CT molecular complexity index is 1060. The number of nitrogens with zero attached hydrogens (tertiary/aromatic N) is 3. The Hall–Kier alpha value is -2.81. The summed E-state index contributed by atoms with van der Waals surface area (Å²) < 4.78 is 30.0. The average Bonchev–Trinajstić information content (AvgIpc) is 2.93. The third-order valence-electron chi connectivity index (χ3n) is 4.46. The number of hydrogen-bond donors (Lipinski definition) is 0. The molecule has 0 saturated carbocycles. The highest BCUT2D eigenvalue weighted by Gasteiger charge is 2.16. The number of fused-ring (bicyclic) bond motifs is 1. The molecule has 0 aliphatic heterocycles.